The van der Waals surface area contributed by atoms with E-state index in [1.54, 1.807) is 13.2 Å². The van der Waals surface area contributed by atoms with Gasteiger partial charge in [0.25, 0.3) is 0 Å². The molecule has 0 aromatic carbocycles. The highest BCUT2D eigenvalue weighted by atomic mass is 35.5. The average Bonchev–Trinajstić information content (AvgIpc) is 2.29. The number of hydrogen-bond donors (Lipinski definition) is 0. The van der Waals surface area contributed by atoms with Crippen LogP contribution in [0.5, 0.6) is 5.75 Å². The number of carbonyl (C=O) groups is 1. The summed E-state index contributed by atoms with van der Waals surface area (Å²) in [5.74, 6) is 1.20. The number of ether oxygens (including phenoxy) is 1. The second kappa shape index (κ2) is 6.27. The van der Waals surface area contributed by atoms with Gasteiger partial charge in [0.05, 0.1) is 7.11 Å². The van der Waals surface area contributed by atoms with E-state index < -0.39 is 0 Å². The van der Waals surface area contributed by atoms with Crippen molar-refractivity contribution in [1.82, 2.24) is 10.2 Å². The Morgan fingerprint density at radius 2 is 2.31 bits per heavy atom. The van der Waals surface area contributed by atoms with Gasteiger partial charge in [-0.3, -0.25) is 0 Å². The third-order valence-electron chi connectivity index (χ3n) is 2.11. The van der Waals surface area contributed by atoms with Gasteiger partial charge in [-0.25, -0.2) is 0 Å². The van der Waals surface area contributed by atoms with Gasteiger partial charge in [0.2, 0.25) is 0 Å². The fourth-order valence-electron chi connectivity index (χ4n) is 1.28. The number of anilines is 1. The van der Waals surface area contributed by atoms with Gasteiger partial charge >= 0.3 is 0 Å². The summed E-state index contributed by atoms with van der Waals surface area (Å²) in [4.78, 5) is 12.1. The van der Waals surface area contributed by atoms with Crippen LogP contribution in [0, 0.1) is 0 Å². The van der Waals surface area contributed by atoms with E-state index in [0.717, 1.165) is 12.7 Å². The molecule has 5 nitrogen and oxygen atoms in total. The molecule has 88 valence electrons. The molecular weight excluding hydrogens is 230 g/mol. The number of methoxy groups -OCH3 is 1. The molecule has 0 spiro atoms. The van der Waals surface area contributed by atoms with Gasteiger partial charge in [-0.15, -0.1) is 10.2 Å². The van der Waals surface area contributed by atoms with Crippen LogP contribution in [-0.2, 0) is 4.79 Å². The SMILES string of the molecule is COc1cc(Cl)nnc1N(C)CCCC=O. The van der Waals surface area contributed by atoms with Crippen molar-refractivity contribution in [2.24, 2.45) is 0 Å². The van der Waals surface area contributed by atoms with Crippen molar-refractivity contribution >= 4 is 23.7 Å². The Bertz CT molecular complexity index is 360. The third kappa shape index (κ3) is 3.34. The Kier molecular flexibility index (Phi) is 4.98. The summed E-state index contributed by atoms with van der Waals surface area (Å²) in [6.45, 7) is 0.714. The summed E-state index contributed by atoms with van der Waals surface area (Å²) >= 11 is 5.71. The Morgan fingerprint density at radius 1 is 1.56 bits per heavy atom. The minimum atomic E-state index is 0.293. The molecule has 0 aliphatic heterocycles. The average molecular weight is 244 g/mol. The predicted octanol–water partition coefficient (Wildman–Crippen LogP) is 1.55. The highest BCUT2D eigenvalue weighted by molar-refractivity contribution is 6.29. The largest absolute Gasteiger partial charge is 0.493 e. The van der Waals surface area contributed by atoms with Crippen LogP contribution in [0.4, 0.5) is 5.82 Å². The number of nitrogens with zero attached hydrogens (tertiary/aromatic N) is 3. The number of hydrogen-bond acceptors (Lipinski definition) is 5. The zero-order valence-corrected chi connectivity index (χ0v) is 10.1. The zero-order valence-electron chi connectivity index (χ0n) is 9.31. The minimum absolute atomic E-state index is 0.293. The molecule has 1 heterocycles. The highest BCUT2D eigenvalue weighted by Gasteiger charge is 2.11. The first kappa shape index (κ1) is 12.7. The Balaban J connectivity index is 2.73. The normalized spacial score (nSPS) is 9.94. The molecule has 1 aromatic rings. The van der Waals surface area contributed by atoms with E-state index >= 15 is 0 Å². The summed E-state index contributed by atoms with van der Waals surface area (Å²) in [5.41, 5.74) is 0. The van der Waals surface area contributed by atoms with Crippen molar-refractivity contribution in [3.05, 3.63) is 11.2 Å². The van der Waals surface area contributed by atoms with Crippen molar-refractivity contribution in [3.63, 3.8) is 0 Å². The summed E-state index contributed by atoms with van der Waals surface area (Å²) in [6.07, 6.45) is 2.21. The first-order chi connectivity index (χ1) is 7.69. The van der Waals surface area contributed by atoms with Crippen LogP contribution in [0.15, 0.2) is 6.07 Å². The fourth-order valence-corrected chi connectivity index (χ4v) is 1.42. The molecule has 0 aliphatic rings. The third-order valence-corrected chi connectivity index (χ3v) is 2.29. The van der Waals surface area contributed by atoms with E-state index in [1.165, 1.54) is 0 Å². The lowest BCUT2D eigenvalue weighted by atomic mass is 10.3. The maximum absolute atomic E-state index is 10.2. The van der Waals surface area contributed by atoms with Crippen molar-refractivity contribution in [1.29, 1.82) is 0 Å². The highest BCUT2D eigenvalue weighted by Crippen LogP contribution is 2.25. The predicted molar refractivity (Wildman–Crippen MR) is 62.2 cm³/mol. The van der Waals surface area contributed by atoms with Crippen LogP contribution in [-0.4, -0.2) is 37.2 Å². The lowest BCUT2D eigenvalue weighted by molar-refractivity contribution is -0.107. The van der Waals surface area contributed by atoms with E-state index in [-0.39, 0.29) is 0 Å². The van der Waals surface area contributed by atoms with Gasteiger partial charge in [-0.05, 0) is 6.42 Å². The first-order valence-corrected chi connectivity index (χ1v) is 5.28. The summed E-state index contributed by atoms with van der Waals surface area (Å²) in [5, 5.41) is 8.01. The number of aromatic nitrogens is 2. The molecule has 0 atom stereocenters. The summed E-state index contributed by atoms with van der Waals surface area (Å²) in [7, 11) is 3.42. The summed E-state index contributed by atoms with van der Waals surface area (Å²) in [6, 6.07) is 1.61. The fraction of sp³-hybridized carbons (Fsp3) is 0.500. The van der Waals surface area contributed by atoms with Crippen LogP contribution in [0.2, 0.25) is 5.15 Å². The van der Waals surface area contributed by atoms with Crippen LogP contribution in [0.25, 0.3) is 0 Å². The maximum atomic E-state index is 10.2. The van der Waals surface area contributed by atoms with Crippen LogP contribution >= 0.6 is 11.6 Å². The van der Waals surface area contributed by atoms with Crippen molar-refractivity contribution in [2.45, 2.75) is 12.8 Å². The molecule has 0 N–H and O–H groups in total. The molecule has 0 unspecified atom stereocenters. The van der Waals surface area contributed by atoms with Gasteiger partial charge in [0, 0.05) is 26.1 Å². The van der Waals surface area contributed by atoms with Gasteiger partial charge in [-0.1, -0.05) is 11.6 Å². The minimum Gasteiger partial charge on any atom is -0.493 e. The van der Waals surface area contributed by atoms with Crippen molar-refractivity contribution in [2.75, 3.05) is 25.6 Å². The molecule has 0 fully saturated rings. The second-order valence-electron chi connectivity index (χ2n) is 3.29. The monoisotopic (exact) mass is 243 g/mol. The molecule has 0 radical (unpaired) electrons. The molecule has 1 rings (SSSR count). The smallest absolute Gasteiger partial charge is 0.193 e. The topological polar surface area (TPSA) is 55.3 Å². The van der Waals surface area contributed by atoms with Gasteiger partial charge in [0.15, 0.2) is 16.7 Å². The van der Waals surface area contributed by atoms with E-state index in [9.17, 15) is 4.79 Å². The molecule has 16 heavy (non-hydrogen) atoms. The molecule has 0 saturated carbocycles. The number of carbonyl (C=O) groups excluding carboxylic acids is 1. The Morgan fingerprint density at radius 3 is 2.94 bits per heavy atom. The van der Waals surface area contributed by atoms with Gasteiger partial charge in [0.1, 0.15) is 6.29 Å². The maximum Gasteiger partial charge on any atom is 0.193 e. The molecule has 0 saturated heterocycles. The van der Waals surface area contributed by atoms with Crippen LogP contribution in [0.3, 0.4) is 0 Å². The summed E-state index contributed by atoms with van der Waals surface area (Å²) < 4.78 is 5.16. The first-order valence-electron chi connectivity index (χ1n) is 4.91. The van der Waals surface area contributed by atoms with E-state index in [1.807, 2.05) is 11.9 Å². The van der Waals surface area contributed by atoms with Crippen LogP contribution < -0.4 is 9.64 Å². The molecule has 0 amide bonds. The zero-order chi connectivity index (χ0) is 12.0. The number of halogens is 1. The number of rotatable bonds is 6. The van der Waals surface area contributed by atoms with E-state index in [0.29, 0.717) is 29.7 Å². The van der Waals surface area contributed by atoms with Crippen molar-refractivity contribution < 1.29 is 9.53 Å². The van der Waals surface area contributed by atoms with Gasteiger partial charge < -0.3 is 14.4 Å². The van der Waals surface area contributed by atoms with Crippen molar-refractivity contribution in [3.8, 4) is 5.75 Å². The molecule has 0 bridgehead atoms. The number of unbranched alkanes of at least 4 members (excludes halogenated alkanes) is 1. The Hall–Kier alpha value is -1.36. The molecule has 1 aromatic heterocycles. The van der Waals surface area contributed by atoms with Gasteiger partial charge in [-0.2, -0.15) is 0 Å². The quantitative estimate of drug-likeness (QED) is 0.561. The number of aldehydes is 1. The molecule has 6 heteroatoms. The van der Waals surface area contributed by atoms with E-state index in [2.05, 4.69) is 10.2 Å². The Labute approximate surface area is 99.4 Å². The molecular formula is C10H14ClN3O2. The lowest BCUT2D eigenvalue weighted by Gasteiger charge is -2.19. The standard InChI is InChI=1S/C10H14ClN3O2/c1-14(5-3-4-6-15)10-8(16-2)7-9(11)12-13-10/h6-7H,3-5H2,1-2H3. The second-order valence-corrected chi connectivity index (χ2v) is 3.68. The molecule has 0 aliphatic carbocycles. The van der Waals surface area contributed by atoms with E-state index in [4.69, 9.17) is 16.3 Å². The van der Waals surface area contributed by atoms with Crippen LogP contribution in [0.1, 0.15) is 12.8 Å². The lowest BCUT2D eigenvalue weighted by Crippen LogP contribution is -2.21.